The molecule has 1 N–H and O–H groups in total. The van der Waals surface area contributed by atoms with Crippen molar-refractivity contribution in [3.63, 3.8) is 0 Å². The summed E-state index contributed by atoms with van der Waals surface area (Å²) in [5.74, 6) is -0.171. The Hall–Kier alpha value is -1.68. The predicted molar refractivity (Wildman–Crippen MR) is 79.0 cm³/mol. The minimum atomic E-state index is -0.171. The van der Waals surface area contributed by atoms with E-state index in [0.29, 0.717) is 6.04 Å². The summed E-state index contributed by atoms with van der Waals surface area (Å²) in [6.45, 7) is 7.89. The van der Waals surface area contributed by atoms with Crippen LogP contribution in [0.1, 0.15) is 30.7 Å². The second-order valence-electron chi connectivity index (χ2n) is 5.43. The number of hydrogen-bond acceptors (Lipinski definition) is 2. The van der Waals surface area contributed by atoms with Crippen molar-refractivity contribution in [3.8, 4) is 0 Å². The molecule has 0 aliphatic carbocycles. The summed E-state index contributed by atoms with van der Waals surface area (Å²) in [5, 5.41) is 3.39. The summed E-state index contributed by atoms with van der Waals surface area (Å²) >= 11 is 0. The largest absolute Gasteiger partial charge is 0.333 e. The second-order valence-corrected chi connectivity index (χ2v) is 5.43. The Morgan fingerprint density at radius 1 is 1.35 bits per heavy atom. The lowest BCUT2D eigenvalue weighted by molar-refractivity contribution is 0.554. The lowest BCUT2D eigenvalue weighted by Gasteiger charge is -2.12. The lowest BCUT2D eigenvalue weighted by atomic mass is 10.1. The van der Waals surface area contributed by atoms with Gasteiger partial charge in [-0.2, -0.15) is 0 Å². The molecule has 0 atom stereocenters. The summed E-state index contributed by atoms with van der Waals surface area (Å²) < 4.78 is 15.2. The van der Waals surface area contributed by atoms with E-state index in [0.717, 1.165) is 25.1 Å². The van der Waals surface area contributed by atoms with Crippen LogP contribution in [0.15, 0.2) is 30.7 Å². The number of nitrogens with zero attached hydrogens (tertiary/aromatic N) is 2. The Kier molecular flexibility index (Phi) is 4.90. The Bertz CT molecular complexity index is 561. The van der Waals surface area contributed by atoms with Gasteiger partial charge in [-0.1, -0.05) is 19.9 Å². The maximum absolute atomic E-state index is 13.1. The first kappa shape index (κ1) is 14.7. The molecule has 0 saturated heterocycles. The molecular weight excluding hydrogens is 253 g/mol. The highest BCUT2D eigenvalue weighted by Gasteiger charge is 2.05. The Morgan fingerprint density at radius 2 is 2.15 bits per heavy atom. The molecule has 0 spiro atoms. The van der Waals surface area contributed by atoms with Gasteiger partial charge in [0.15, 0.2) is 0 Å². The average Bonchev–Trinajstić information content (AvgIpc) is 2.83. The molecule has 1 aromatic carbocycles. The molecule has 2 rings (SSSR count). The SMILES string of the molecule is Cc1cc(F)ccc1CCn1cncc1CNC(C)C. The number of rotatable bonds is 6. The van der Waals surface area contributed by atoms with Crippen LogP contribution in [0.2, 0.25) is 0 Å². The molecular formula is C16H22FN3. The zero-order valence-corrected chi connectivity index (χ0v) is 12.4. The molecule has 0 aliphatic rings. The topological polar surface area (TPSA) is 29.9 Å². The van der Waals surface area contributed by atoms with E-state index in [1.807, 2.05) is 25.5 Å². The van der Waals surface area contributed by atoms with Crippen molar-refractivity contribution >= 4 is 0 Å². The number of aryl methyl sites for hydroxylation is 3. The van der Waals surface area contributed by atoms with Crippen molar-refractivity contribution in [1.29, 1.82) is 0 Å². The lowest BCUT2D eigenvalue weighted by Crippen LogP contribution is -2.23. The van der Waals surface area contributed by atoms with Crippen LogP contribution in [0.25, 0.3) is 0 Å². The number of halogens is 1. The number of nitrogens with one attached hydrogen (secondary N) is 1. The van der Waals surface area contributed by atoms with Crippen LogP contribution in [-0.4, -0.2) is 15.6 Å². The minimum Gasteiger partial charge on any atom is -0.333 e. The van der Waals surface area contributed by atoms with Gasteiger partial charge >= 0.3 is 0 Å². The molecule has 2 aromatic rings. The first-order valence-electron chi connectivity index (χ1n) is 7.03. The highest BCUT2D eigenvalue weighted by Crippen LogP contribution is 2.12. The van der Waals surface area contributed by atoms with Crippen molar-refractivity contribution < 1.29 is 4.39 Å². The first-order chi connectivity index (χ1) is 9.56. The van der Waals surface area contributed by atoms with Gasteiger partial charge in [0.25, 0.3) is 0 Å². The van der Waals surface area contributed by atoms with Crippen LogP contribution < -0.4 is 5.32 Å². The summed E-state index contributed by atoms with van der Waals surface area (Å²) in [6.07, 6.45) is 4.64. The van der Waals surface area contributed by atoms with Crippen LogP contribution >= 0.6 is 0 Å². The van der Waals surface area contributed by atoms with E-state index in [4.69, 9.17) is 0 Å². The van der Waals surface area contributed by atoms with Crippen molar-refractivity contribution in [3.05, 3.63) is 53.4 Å². The summed E-state index contributed by atoms with van der Waals surface area (Å²) in [5.41, 5.74) is 3.37. The molecule has 108 valence electrons. The maximum Gasteiger partial charge on any atom is 0.123 e. The van der Waals surface area contributed by atoms with Crippen LogP contribution in [-0.2, 0) is 19.5 Å². The van der Waals surface area contributed by atoms with E-state index in [1.165, 1.54) is 17.3 Å². The molecule has 3 nitrogen and oxygen atoms in total. The second kappa shape index (κ2) is 6.66. The van der Waals surface area contributed by atoms with Gasteiger partial charge in [-0.05, 0) is 36.6 Å². The molecule has 1 heterocycles. The molecule has 0 radical (unpaired) electrons. The van der Waals surface area contributed by atoms with E-state index in [9.17, 15) is 4.39 Å². The van der Waals surface area contributed by atoms with Crippen molar-refractivity contribution in [2.24, 2.45) is 0 Å². The van der Waals surface area contributed by atoms with Gasteiger partial charge < -0.3 is 9.88 Å². The fourth-order valence-electron chi connectivity index (χ4n) is 2.19. The van der Waals surface area contributed by atoms with Crippen LogP contribution in [0.4, 0.5) is 4.39 Å². The van der Waals surface area contributed by atoms with Gasteiger partial charge in [-0.15, -0.1) is 0 Å². The number of imidazole rings is 1. The van der Waals surface area contributed by atoms with E-state index in [1.54, 1.807) is 6.07 Å². The normalized spacial score (nSPS) is 11.2. The fourth-order valence-corrected chi connectivity index (χ4v) is 2.19. The van der Waals surface area contributed by atoms with Gasteiger partial charge in [-0.25, -0.2) is 9.37 Å². The third kappa shape index (κ3) is 3.90. The number of hydrogen-bond donors (Lipinski definition) is 1. The minimum absolute atomic E-state index is 0.171. The predicted octanol–water partition coefficient (Wildman–Crippen LogP) is 3.07. The Labute approximate surface area is 119 Å². The van der Waals surface area contributed by atoms with Gasteiger partial charge in [0.2, 0.25) is 0 Å². The molecule has 0 fully saturated rings. The average molecular weight is 275 g/mol. The van der Waals surface area contributed by atoms with Crippen LogP contribution in [0, 0.1) is 12.7 Å². The zero-order valence-electron chi connectivity index (χ0n) is 12.4. The van der Waals surface area contributed by atoms with Gasteiger partial charge in [0.05, 0.1) is 12.0 Å². The fraction of sp³-hybridized carbons (Fsp3) is 0.438. The van der Waals surface area contributed by atoms with Gasteiger partial charge in [0.1, 0.15) is 5.82 Å². The van der Waals surface area contributed by atoms with Gasteiger partial charge in [0, 0.05) is 25.3 Å². The molecule has 20 heavy (non-hydrogen) atoms. The molecule has 1 aromatic heterocycles. The summed E-state index contributed by atoms with van der Waals surface area (Å²) in [7, 11) is 0. The Morgan fingerprint density at radius 3 is 2.85 bits per heavy atom. The third-order valence-corrected chi connectivity index (χ3v) is 3.42. The molecule has 0 aliphatic heterocycles. The third-order valence-electron chi connectivity index (χ3n) is 3.42. The highest BCUT2D eigenvalue weighted by molar-refractivity contribution is 5.26. The molecule has 0 amide bonds. The number of benzene rings is 1. The zero-order chi connectivity index (χ0) is 14.5. The smallest absolute Gasteiger partial charge is 0.123 e. The van der Waals surface area contributed by atoms with E-state index in [2.05, 4.69) is 28.7 Å². The Balaban J connectivity index is 1.98. The first-order valence-corrected chi connectivity index (χ1v) is 7.03. The van der Waals surface area contributed by atoms with Crippen molar-refractivity contribution in [2.45, 2.75) is 46.3 Å². The summed E-state index contributed by atoms with van der Waals surface area (Å²) in [6, 6.07) is 5.44. The van der Waals surface area contributed by atoms with E-state index in [-0.39, 0.29) is 5.82 Å². The molecule has 0 unspecified atom stereocenters. The van der Waals surface area contributed by atoms with Crippen LogP contribution in [0.3, 0.4) is 0 Å². The number of aromatic nitrogens is 2. The van der Waals surface area contributed by atoms with Gasteiger partial charge in [-0.3, -0.25) is 0 Å². The highest BCUT2D eigenvalue weighted by atomic mass is 19.1. The monoisotopic (exact) mass is 275 g/mol. The molecule has 4 heteroatoms. The van der Waals surface area contributed by atoms with E-state index >= 15 is 0 Å². The quantitative estimate of drug-likeness (QED) is 0.878. The molecule has 0 bridgehead atoms. The standard InChI is InChI=1S/C16H22FN3/c1-12(2)19-10-16-9-18-11-20(16)7-6-14-4-5-15(17)8-13(14)3/h4-5,8-9,11-12,19H,6-7,10H2,1-3H3. The van der Waals surface area contributed by atoms with E-state index < -0.39 is 0 Å². The van der Waals surface area contributed by atoms with Crippen molar-refractivity contribution in [1.82, 2.24) is 14.9 Å². The van der Waals surface area contributed by atoms with Crippen molar-refractivity contribution in [2.75, 3.05) is 0 Å². The maximum atomic E-state index is 13.1. The molecule has 0 saturated carbocycles. The summed E-state index contributed by atoms with van der Waals surface area (Å²) in [4.78, 5) is 4.21. The van der Waals surface area contributed by atoms with Crippen LogP contribution in [0.5, 0.6) is 0 Å².